The molecule has 10 rings (SSSR count). The number of anilines is 2. The van der Waals surface area contributed by atoms with Crippen LogP contribution in [-0.4, -0.2) is 10.6 Å². The second kappa shape index (κ2) is 8.24. The molecule has 0 bridgehead atoms. The molecule has 5 aromatic carbocycles. The molecule has 6 aromatic rings. The van der Waals surface area contributed by atoms with Crippen molar-refractivity contribution in [3.63, 3.8) is 0 Å². The molecule has 1 fully saturated rings. The molecule has 0 radical (unpaired) electrons. The Morgan fingerprint density at radius 3 is 2.07 bits per heavy atom. The molecule has 4 aliphatic rings. The van der Waals surface area contributed by atoms with Gasteiger partial charge in [0.15, 0.2) is 0 Å². The summed E-state index contributed by atoms with van der Waals surface area (Å²) in [7, 11) is 0. The van der Waals surface area contributed by atoms with Crippen LogP contribution in [0.25, 0.3) is 38.6 Å². The highest BCUT2D eigenvalue weighted by atomic mass is 15.2. The number of hydrogen-bond donors (Lipinski definition) is 0. The summed E-state index contributed by atoms with van der Waals surface area (Å²) in [5.74, 6) is 1.28. The Balaban J connectivity index is 1.17. The van der Waals surface area contributed by atoms with Gasteiger partial charge in [0.25, 0.3) is 0 Å². The lowest BCUT2D eigenvalue weighted by atomic mass is 9.60. The normalized spacial score (nSPS) is 23.3. The van der Waals surface area contributed by atoms with Crippen molar-refractivity contribution >= 4 is 33.2 Å². The Morgan fingerprint density at radius 1 is 0.614 bits per heavy atom. The molecule has 0 amide bonds. The third kappa shape index (κ3) is 2.93. The SMILES string of the molecule is CC1(C)c2cc(-n3c4ccccc4c4ccccc43)ccc2-c2cc3c(cc21)N1c2ccccc2C(C)(C)C2CCCC3C21. The maximum absolute atomic E-state index is 2.79. The summed E-state index contributed by atoms with van der Waals surface area (Å²) in [4.78, 5) is 2.79. The summed E-state index contributed by atoms with van der Waals surface area (Å²) in [5.41, 5.74) is 15.7. The first kappa shape index (κ1) is 25.1. The van der Waals surface area contributed by atoms with Gasteiger partial charge in [0, 0.05) is 45.2 Å². The highest BCUT2D eigenvalue weighted by Gasteiger charge is 2.55. The van der Waals surface area contributed by atoms with Crippen molar-refractivity contribution in [1.29, 1.82) is 0 Å². The zero-order chi connectivity index (χ0) is 29.5. The van der Waals surface area contributed by atoms with Gasteiger partial charge in [-0.3, -0.25) is 0 Å². The molecule has 2 aliphatic heterocycles. The van der Waals surface area contributed by atoms with Crippen LogP contribution in [0, 0.1) is 5.92 Å². The van der Waals surface area contributed by atoms with Crippen LogP contribution < -0.4 is 4.90 Å². The minimum absolute atomic E-state index is 0.0871. The first-order chi connectivity index (χ1) is 21.4. The van der Waals surface area contributed by atoms with Crippen LogP contribution >= 0.6 is 0 Å². The van der Waals surface area contributed by atoms with Gasteiger partial charge in [-0.2, -0.15) is 0 Å². The largest absolute Gasteiger partial charge is 0.337 e. The molecule has 3 heterocycles. The van der Waals surface area contributed by atoms with Crippen LogP contribution in [0.3, 0.4) is 0 Å². The van der Waals surface area contributed by atoms with Gasteiger partial charge in [0.2, 0.25) is 0 Å². The van der Waals surface area contributed by atoms with Crippen LogP contribution in [0.4, 0.5) is 11.4 Å². The van der Waals surface area contributed by atoms with Crippen molar-refractivity contribution in [3.8, 4) is 16.8 Å². The van der Waals surface area contributed by atoms with E-state index in [0.717, 1.165) is 0 Å². The van der Waals surface area contributed by atoms with E-state index in [2.05, 4.69) is 140 Å². The highest BCUT2D eigenvalue weighted by Crippen LogP contribution is 2.63. The van der Waals surface area contributed by atoms with Crippen molar-refractivity contribution in [2.45, 2.75) is 69.7 Å². The van der Waals surface area contributed by atoms with Gasteiger partial charge >= 0.3 is 0 Å². The fourth-order valence-corrected chi connectivity index (χ4v) is 10.2. The summed E-state index contributed by atoms with van der Waals surface area (Å²) in [6.45, 7) is 9.90. The zero-order valence-corrected chi connectivity index (χ0v) is 26.1. The number of benzene rings is 5. The Morgan fingerprint density at radius 2 is 1.30 bits per heavy atom. The molecule has 2 nitrogen and oxygen atoms in total. The van der Waals surface area contributed by atoms with Gasteiger partial charge in [0.1, 0.15) is 0 Å². The lowest BCUT2D eigenvalue weighted by molar-refractivity contribution is 0.179. The van der Waals surface area contributed by atoms with E-state index in [4.69, 9.17) is 0 Å². The van der Waals surface area contributed by atoms with Crippen molar-refractivity contribution in [3.05, 3.63) is 125 Å². The zero-order valence-electron chi connectivity index (χ0n) is 26.1. The van der Waals surface area contributed by atoms with E-state index in [9.17, 15) is 0 Å². The van der Waals surface area contributed by atoms with Gasteiger partial charge < -0.3 is 9.47 Å². The molecule has 2 heteroatoms. The minimum atomic E-state index is -0.0871. The average Bonchev–Trinajstić information content (AvgIpc) is 3.63. The quantitative estimate of drug-likeness (QED) is 0.191. The average molecular weight is 571 g/mol. The molecule has 216 valence electrons. The van der Waals surface area contributed by atoms with Crippen molar-refractivity contribution < 1.29 is 0 Å². The first-order valence-electron chi connectivity index (χ1n) is 16.6. The van der Waals surface area contributed by atoms with Gasteiger partial charge in [-0.15, -0.1) is 0 Å². The van der Waals surface area contributed by atoms with Crippen molar-refractivity contribution in [2.75, 3.05) is 4.90 Å². The summed E-state index contributed by atoms with van der Waals surface area (Å²) in [5, 5.41) is 2.63. The number of nitrogens with zero attached hydrogens (tertiary/aromatic N) is 2. The Hall–Kier alpha value is -4.30. The van der Waals surface area contributed by atoms with Gasteiger partial charge in [-0.05, 0) is 100 Å². The molecule has 3 atom stereocenters. The van der Waals surface area contributed by atoms with E-state index in [1.165, 1.54) is 85.9 Å². The molecular formula is C42H38N2. The van der Waals surface area contributed by atoms with Gasteiger partial charge in [-0.25, -0.2) is 0 Å². The first-order valence-corrected chi connectivity index (χ1v) is 16.6. The van der Waals surface area contributed by atoms with E-state index in [1.54, 1.807) is 5.56 Å². The number of rotatable bonds is 1. The molecule has 3 unspecified atom stereocenters. The Kier molecular flexibility index (Phi) is 4.70. The van der Waals surface area contributed by atoms with Crippen LogP contribution in [0.1, 0.15) is 75.1 Å². The third-order valence-electron chi connectivity index (χ3n) is 12.2. The Labute approximate surface area is 260 Å². The second-order valence-electron chi connectivity index (χ2n) is 14.9. The standard InChI is InChI=1S/C42H38N2/c1-41(2)32-15-7-10-19-38(32)44-39-24-35-30(23-31(39)29-14-11-16-33(41)40(29)44)26-21-20-25(22-34(26)42(35,3)4)43-36-17-8-5-12-27(36)28-13-6-9-18-37(28)43/h5-10,12-13,15,17-24,29,33,40H,11,14,16H2,1-4H3. The van der Waals surface area contributed by atoms with Crippen LogP contribution in [0.2, 0.25) is 0 Å². The van der Waals surface area contributed by atoms with E-state index in [-0.39, 0.29) is 10.8 Å². The highest BCUT2D eigenvalue weighted by molar-refractivity contribution is 6.09. The predicted molar refractivity (Wildman–Crippen MR) is 184 cm³/mol. The minimum Gasteiger partial charge on any atom is -0.337 e. The molecule has 44 heavy (non-hydrogen) atoms. The Bertz CT molecular complexity index is 2140. The van der Waals surface area contributed by atoms with Gasteiger partial charge in [-0.1, -0.05) is 94.8 Å². The van der Waals surface area contributed by atoms with Crippen LogP contribution in [0.15, 0.2) is 103 Å². The van der Waals surface area contributed by atoms with E-state index >= 15 is 0 Å². The molecule has 0 N–H and O–H groups in total. The fraction of sp³-hybridized carbons (Fsp3) is 0.286. The molecule has 0 spiro atoms. The van der Waals surface area contributed by atoms with E-state index < -0.39 is 0 Å². The number of para-hydroxylation sites is 3. The topological polar surface area (TPSA) is 8.17 Å². The molecule has 1 aromatic heterocycles. The molecule has 2 aliphatic carbocycles. The van der Waals surface area contributed by atoms with Crippen molar-refractivity contribution in [1.82, 2.24) is 4.57 Å². The molecular weight excluding hydrogens is 532 g/mol. The van der Waals surface area contributed by atoms with Crippen molar-refractivity contribution in [2.24, 2.45) is 5.92 Å². The van der Waals surface area contributed by atoms with Crippen LogP contribution in [-0.2, 0) is 10.8 Å². The summed E-state index contributed by atoms with van der Waals surface area (Å²) in [6.07, 6.45) is 3.95. The monoisotopic (exact) mass is 570 g/mol. The van der Waals surface area contributed by atoms with Gasteiger partial charge in [0.05, 0.1) is 11.0 Å². The molecule has 1 saturated carbocycles. The maximum atomic E-state index is 2.79. The number of hydrogen-bond acceptors (Lipinski definition) is 1. The number of fused-ring (bicyclic) bond motifs is 11. The van der Waals surface area contributed by atoms with E-state index in [0.29, 0.717) is 17.9 Å². The second-order valence-corrected chi connectivity index (χ2v) is 14.9. The third-order valence-corrected chi connectivity index (χ3v) is 12.2. The summed E-state index contributed by atoms with van der Waals surface area (Å²) in [6, 6.07) is 40.0. The predicted octanol–water partition coefficient (Wildman–Crippen LogP) is 10.8. The lowest BCUT2D eigenvalue weighted by Gasteiger charge is -2.53. The van der Waals surface area contributed by atoms with E-state index in [1.807, 2.05) is 0 Å². The summed E-state index contributed by atoms with van der Waals surface area (Å²) < 4.78 is 2.46. The fourth-order valence-electron chi connectivity index (χ4n) is 10.2. The number of aromatic nitrogens is 1. The maximum Gasteiger partial charge on any atom is 0.0541 e. The van der Waals surface area contributed by atoms with Crippen LogP contribution in [0.5, 0.6) is 0 Å². The lowest BCUT2D eigenvalue weighted by Crippen LogP contribution is -2.52. The summed E-state index contributed by atoms with van der Waals surface area (Å²) >= 11 is 0. The molecule has 0 saturated heterocycles. The smallest absolute Gasteiger partial charge is 0.0541 e.